The Balaban J connectivity index is 1.74. The molecule has 0 unspecified atom stereocenters. The molecule has 0 bridgehead atoms. The zero-order chi connectivity index (χ0) is 33.0. The molecule has 0 spiro atoms. The van der Waals surface area contributed by atoms with Crippen LogP contribution in [0.5, 0.6) is 0 Å². The van der Waals surface area contributed by atoms with E-state index in [-0.39, 0.29) is 27.1 Å². The van der Waals surface area contributed by atoms with E-state index in [1.54, 1.807) is 24.3 Å². The first kappa shape index (κ1) is 31.2. The molecule has 4 N–H and O–H groups in total. The predicted molar refractivity (Wildman–Crippen MR) is 177 cm³/mol. The third-order valence-corrected chi connectivity index (χ3v) is 9.83. The van der Waals surface area contributed by atoms with Gasteiger partial charge >= 0.3 is 10.1 Å². The first-order valence-corrected chi connectivity index (χ1v) is 17.2. The summed E-state index contributed by atoms with van der Waals surface area (Å²) in [6.07, 6.45) is 0. The summed E-state index contributed by atoms with van der Waals surface area (Å²) in [6, 6.07) is 25.5. The van der Waals surface area contributed by atoms with E-state index < -0.39 is 25.1 Å². The molecule has 46 heavy (non-hydrogen) atoms. The molecule has 11 heteroatoms. The number of benzene rings is 5. The molecule has 1 heterocycles. The third-order valence-electron chi connectivity index (χ3n) is 8.03. The van der Waals surface area contributed by atoms with Gasteiger partial charge in [0.1, 0.15) is 16.2 Å². The maximum atomic E-state index is 12.8. The second-order valence-electron chi connectivity index (χ2n) is 11.3. The fourth-order valence-electron chi connectivity index (χ4n) is 5.80. The minimum Gasteiger partial charge on any atom is -0.456 e. The number of rotatable bonds is 6. The molecule has 1 aliphatic heterocycles. The van der Waals surface area contributed by atoms with Crippen molar-refractivity contribution in [2.75, 3.05) is 5.32 Å². The third kappa shape index (κ3) is 5.81. The molecule has 234 valence electrons. The molecule has 4 aromatic carbocycles. The summed E-state index contributed by atoms with van der Waals surface area (Å²) >= 11 is 0. The first-order valence-electron chi connectivity index (χ1n) is 14.3. The Hall–Kier alpha value is -4.81. The van der Waals surface area contributed by atoms with Gasteiger partial charge in [-0.2, -0.15) is 16.8 Å². The Labute approximate surface area is 266 Å². The molecule has 0 amide bonds. The van der Waals surface area contributed by atoms with Gasteiger partial charge in [0.25, 0.3) is 10.1 Å². The van der Waals surface area contributed by atoms with Crippen molar-refractivity contribution < 1.29 is 35.4 Å². The van der Waals surface area contributed by atoms with Crippen molar-refractivity contribution in [2.45, 2.75) is 37.5 Å². The summed E-state index contributed by atoms with van der Waals surface area (Å²) in [5, 5.41) is 3.96. The van der Waals surface area contributed by atoms with E-state index in [0.717, 1.165) is 27.9 Å². The Morgan fingerprint density at radius 1 is 0.652 bits per heavy atom. The van der Waals surface area contributed by atoms with Crippen molar-refractivity contribution in [3.8, 4) is 22.5 Å². The van der Waals surface area contributed by atoms with E-state index in [4.69, 9.17) is 4.42 Å². The first-order chi connectivity index (χ1) is 21.7. The van der Waals surface area contributed by atoms with E-state index in [9.17, 15) is 25.9 Å². The number of nitrogens with one attached hydrogen (secondary N) is 2. The fraction of sp³-hybridized carbons (Fsp3) is 0.114. The van der Waals surface area contributed by atoms with Crippen molar-refractivity contribution in [1.82, 2.24) is 0 Å². The van der Waals surface area contributed by atoms with Crippen molar-refractivity contribution in [3.63, 3.8) is 0 Å². The lowest BCUT2D eigenvalue weighted by atomic mass is 9.93. The maximum Gasteiger partial charge on any atom is 0.301 e. The molecule has 6 rings (SSSR count). The quantitative estimate of drug-likeness (QED) is 0.126. The van der Waals surface area contributed by atoms with E-state index in [1.165, 1.54) is 30.3 Å². The Kier molecular flexibility index (Phi) is 7.81. The molecular weight excluding hydrogens is 625 g/mol. The molecule has 2 aliphatic rings. The highest BCUT2D eigenvalue weighted by molar-refractivity contribution is 7.86. The largest absolute Gasteiger partial charge is 0.456 e. The molecule has 0 radical (unpaired) electrons. The number of para-hydroxylation sites is 2. The number of hydrogen-bond acceptors (Lipinski definition) is 6. The number of aryl methyl sites for hydroxylation is 4. The van der Waals surface area contributed by atoms with E-state index >= 15 is 0 Å². The van der Waals surface area contributed by atoms with Crippen LogP contribution in [0.3, 0.4) is 0 Å². The minimum atomic E-state index is -4.79. The van der Waals surface area contributed by atoms with Gasteiger partial charge in [-0.3, -0.25) is 9.11 Å². The normalized spacial score (nSPS) is 12.6. The van der Waals surface area contributed by atoms with Gasteiger partial charge in [0.2, 0.25) is 11.0 Å². The van der Waals surface area contributed by atoms with Crippen LogP contribution in [-0.2, 0) is 20.2 Å². The summed E-state index contributed by atoms with van der Waals surface area (Å²) in [6.45, 7) is 7.74. The van der Waals surface area contributed by atoms with Gasteiger partial charge in [0.05, 0.1) is 6.07 Å². The van der Waals surface area contributed by atoms with Crippen LogP contribution in [0.1, 0.15) is 22.3 Å². The van der Waals surface area contributed by atoms with E-state index in [2.05, 4.69) is 10.3 Å². The smallest absolute Gasteiger partial charge is 0.301 e. The Morgan fingerprint density at radius 2 is 1.26 bits per heavy atom. The second kappa shape index (κ2) is 11.5. The second-order valence-corrected chi connectivity index (χ2v) is 14.0. The van der Waals surface area contributed by atoms with E-state index in [1.807, 2.05) is 64.1 Å². The zero-order valence-corrected chi connectivity index (χ0v) is 27.0. The van der Waals surface area contributed by atoms with E-state index in [0.29, 0.717) is 27.9 Å². The fourth-order valence-corrected chi connectivity index (χ4v) is 7.15. The lowest BCUT2D eigenvalue weighted by Gasteiger charge is -2.18. The van der Waals surface area contributed by atoms with Gasteiger partial charge in [-0.15, -0.1) is 0 Å². The number of anilines is 2. The van der Waals surface area contributed by atoms with Gasteiger partial charge in [-0.25, -0.2) is 4.99 Å². The summed E-state index contributed by atoms with van der Waals surface area (Å²) in [5.41, 5.74) is 7.06. The van der Waals surface area contributed by atoms with Gasteiger partial charge in [0, 0.05) is 50.6 Å². The molecule has 1 aliphatic carbocycles. The summed E-state index contributed by atoms with van der Waals surface area (Å²) < 4.78 is 77.7. The Bertz CT molecular complexity index is 2410. The average molecular weight is 656 g/mol. The van der Waals surface area contributed by atoms with Gasteiger partial charge in [-0.05, 0) is 63.1 Å². The van der Waals surface area contributed by atoms with Crippen molar-refractivity contribution in [3.05, 3.63) is 119 Å². The van der Waals surface area contributed by atoms with Gasteiger partial charge in [-0.1, -0.05) is 54.6 Å². The van der Waals surface area contributed by atoms with Crippen LogP contribution < -0.4 is 15.7 Å². The van der Waals surface area contributed by atoms with Crippen LogP contribution in [0.2, 0.25) is 0 Å². The van der Waals surface area contributed by atoms with Crippen LogP contribution in [0.15, 0.2) is 105 Å². The predicted octanol–water partition coefficient (Wildman–Crippen LogP) is 5.99. The van der Waals surface area contributed by atoms with Crippen LogP contribution in [0, 0.1) is 27.7 Å². The lowest BCUT2D eigenvalue weighted by Crippen LogP contribution is -2.72. The van der Waals surface area contributed by atoms with Crippen LogP contribution in [0.25, 0.3) is 33.4 Å². The highest BCUT2D eigenvalue weighted by Crippen LogP contribution is 2.43. The number of hydrogen-bond donors (Lipinski definition) is 4. The zero-order valence-electron chi connectivity index (χ0n) is 25.4. The molecule has 0 saturated carbocycles. The SMILES string of the molecule is Cc1cccc(C)c1Nc1ccc2c(-c3ccccc3S(=O)(=O)O)c3cc(S(=O)(=O)O)c(=[NH+]c4c(C)cccc4C)cc-3oc2c1. The highest BCUT2D eigenvalue weighted by atomic mass is 32.2. The monoisotopic (exact) mass is 655 g/mol. The molecular formula is C35H31N2O7S2+. The summed E-state index contributed by atoms with van der Waals surface area (Å²) in [7, 11) is -9.49. The Morgan fingerprint density at radius 3 is 1.89 bits per heavy atom. The summed E-state index contributed by atoms with van der Waals surface area (Å²) in [4.78, 5) is 2.36. The minimum absolute atomic E-state index is 0.0642. The van der Waals surface area contributed by atoms with Gasteiger partial charge < -0.3 is 9.73 Å². The van der Waals surface area contributed by atoms with Gasteiger partial charge in [0.15, 0.2) is 4.90 Å². The molecule has 0 saturated heterocycles. The lowest BCUT2D eigenvalue weighted by molar-refractivity contribution is -0.406. The van der Waals surface area contributed by atoms with Crippen LogP contribution in [-0.4, -0.2) is 25.9 Å². The average Bonchev–Trinajstić information content (AvgIpc) is 2.98. The molecule has 0 atom stereocenters. The van der Waals surface area contributed by atoms with Crippen molar-refractivity contribution in [1.29, 1.82) is 0 Å². The van der Waals surface area contributed by atoms with Crippen molar-refractivity contribution in [2.24, 2.45) is 0 Å². The molecule has 0 fully saturated rings. The molecule has 0 aromatic heterocycles. The van der Waals surface area contributed by atoms with Crippen LogP contribution in [0.4, 0.5) is 17.1 Å². The maximum absolute atomic E-state index is 12.8. The molecule has 4 aromatic rings. The van der Waals surface area contributed by atoms with Crippen molar-refractivity contribution >= 4 is 48.3 Å². The standard InChI is InChI=1S/C35H30N2O7S2/c1-20-9-7-10-21(2)34(20)36-24-15-16-25-29(17-24)44-30-19-28(37-35-22(3)11-8-12-23(35)4)32(46(41,42)43)18-27(30)33(25)26-13-5-6-14-31(26)45(38,39)40/h5-19,36H,1-4H3,(H,38,39,40)(H,41,42,43)/p+1. The number of fused-ring (bicyclic) bond motifs is 2. The highest BCUT2D eigenvalue weighted by Gasteiger charge is 2.28. The van der Waals surface area contributed by atoms with Crippen LogP contribution >= 0.6 is 0 Å². The molecule has 9 nitrogen and oxygen atoms in total. The summed E-state index contributed by atoms with van der Waals surface area (Å²) in [5.74, 6) is 0.206. The topological polar surface area (TPSA) is 148 Å².